The van der Waals surface area contributed by atoms with Gasteiger partial charge in [0, 0.05) is 19.0 Å². The van der Waals surface area contributed by atoms with E-state index >= 15 is 0 Å². The third kappa shape index (κ3) is 8.21. The van der Waals surface area contributed by atoms with Crippen LogP contribution in [-0.2, 0) is 32.6 Å². The molecule has 0 saturated carbocycles. The monoisotopic (exact) mass is 639 g/mol. The van der Waals surface area contributed by atoms with Crippen LogP contribution in [0.25, 0.3) is 0 Å². The van der Waals surface area contributed by atoms with Crippen LogP contribution in [0.2, 0.25) is 5.02 Å². The number of carbonyl (C=O) groups is 2. The lowest BCUT2D eigenvalue weighted by molar-refractivity contribution is -0.140. The molecule has 0 heterocycles. The largest absolute Gasteiger partial charge is 0.352 e. The molecule has 0 radical (unpaired) electrons. The summed E-state index contributed by atoms with van der Waals surface area (Å²) in [7, 11) is -4.36. The number of halogens is 3. The maximum absolute atomic E-state index is 14.3. The second-order valence-electron chi connectivity index (χ2n) is 10.4. The van der Waals surface area contributed by atoms with E-state index in [2.05, 4.69) is 5.32 Å². The van der Waals surface area contributed by atoms with Crippen molar-refractivity contribution in [2.45, 2.75) is 43.8 Å². The molecule has 230 valence electrons. The normalized spacial score (nSPS) is 12.0. The van der Waals surface area contributed by atoms with Gasteiger partial charge < -0.3 is 10.2 Å². The molecular formula is C33H32ClF2N3O4S. The molecule has 4 rings (SSSR count). The summed E-state index contributed by atoms with van der Waals surface area (Å²) in [5.74, 6) is -2.39. The van der Waals surface area contributed by atoms with Gasteiger partial charge in [-0.25, -0.2) is 17.2 Å². The fourth-order valence-corrected chi connectivity index (χ4v) is 6.21. The molecule has 0 fully saturated rings. The van der Waals surface area contributed by atoms with Crippen LogP contribution in [0.4, 0.5) is 14.5 Å². The Balaban J connectivity index is 1.81. The van der Waals surface area contributed by atoms with Crippen molar-refractivity contribution >= 4 is 39.1 Å². The second kappa shape index (κ2) is 14.5. The number of rotatable bonds is 12. The minimum atomic E-state index is -4.36. The SMILES string of the molecule is CC(C)NC(=O)C(Cc1ccccc1)N(Cc1ccc(F)cc1)C(=O)CN(c1ccc(F)c(Cl)c1)S(=O)(=O)c1ccccc1. The van der Waals surface area contributed by atoms with E-state index in [0.717, 1.165) is 22.0 Å². The van der Waals surface area contributed by atoms with Gasteiger partial charge in [-0.15, -0.1) is 0 Å². The molecule has 4 aromatic rings. The maximum Gasteiger partial charge on any atom is 0.264 e. The zero-order valence-corrected chi connectivity index (χ0v) is 25.7. The Morgan fingerprint density at radius 1 is 0.841 bits per heavy atom. The second-order valence-corrected chi connectivity index (χ2v) is 12.7. The lowest BCUT2D eigenvalue weighted by Gasteiger charge is -2.34. The number of hydrogen-bond acceptors (Lipinski definition) is 4. The average molecular weight is 640 g/mol. The number of carbonyl (C=O) groups excluding carboxylic acids is 2. The summed E-state index contributed by atoms with van der Waals surface area (Å²) in [5, 5.41) is 2.54. The van der Waals surface area contributed by atoms with Gasteiger partial charge in [-0.05, 0) is 67.4 Å². The Morgan fingerprint density at radius 2 is 1.45 bits per heavy atom. The fourth-order valence-electron chi connectivity index (χ4n) is 4.61. The van der Waals surface area contributed by atoms with Crippen LogP contribution in [0.15, 0.2) is 108 Å². The molecule has 2 amide bonds. The van der Waals surface area contributed by atoms with Crippen molar-refractivity contribution in [1.82, 2.24) is 10.2 Å². The molecule has 1 atom stereocenters. The van der Waals surface area contributed by atoms with Gasteiger partial charge in [0.25, 0.3) is 10.0 Å². The molecule has 0 spiro atoms. The van der Waals surface area contributed by atoms with Gasteiger partial charge in [-0.2, -0.15) is 0 Å². The predicted octanol–water partition coefficient (Wildman–Crippen LogP) is 5.98. The van der Waals surface area contributed by atoms with Crippen LogP contribution in [0.5, 0.6) is 0 Å². The maximum atomic E-state index is 14.3. The van der Waals surface area contributed by atoms with E-state index in [0.29, 0.717) is 5.56 Å². The van der Waals surface area contributed by atoms with Gasteiger partial charge in [0.05, 0.1) is 15.6 Å². The molecule has 7 nitrogen and oxygen atoms in total. The van der Waals surface area contributed by atoms with Crippen molar-refractivity contribution in [2.24, 2.45) is 0 Å². The molecule has 0 aliphatic rings. The molecule has 0 aromatic heterocycles. The van der Waals surface area contributed by atoms with Gasteiger partial charge in [-0.1, -0.05) is 72.3 Å². The number of anilines is 1. The van der Waals surface area contributed by atoms with Gasteiger partial charge >= 0.3 is 0 Å². The van der Waals surface area contributed by atoms with Crippen molar-refractivity contribution < 1.29 is 26.8 Å². The van der Waals surface area contributed by atoms with Crippen LogP contribution in [0.1, 0.15) is 25.0 Å². The van der Waals surface area contributed by atoms with Crippen LogP contribution in [0.3, 0.4) is 0 Å². The van der Waals surface area contributed by atoms with E-state index in [4.69, 9.17) is 11.6 Å². The van der Waals surface area contributed by atoms with Crippen molar-refractivity contribution in [3.63, 3.8) is 0 Å². The average Bonchev–Trinajstić information content (AvgIpc) is 3.00. The van der Waals surface area contributed by atoms with Crippen LogP contribution < -0.4 is 9.62 Å². The molecule has 1 N–H and O–H groups in total. The summed E-state index contributed by atoms with van der Waals surface area (Å²) in [5.41, 5.74) is 1.26. The fraction of sp³-hybridized carbons (Fsp3) is 0.212. The molecular weight excluding hydrogens is 608 g/mol. The minimum absolute atomic E-state index is 0.0402. The first-order valence-corrected chi connectivity index (χ1v) is 15.7. The summed E-state index contributed by atoms with van der Waals surface area (Å²) in [6.45, 7) is 2.72. The Bertz CT molecular complexity index is 1690. The first-order valence-electron chi connectivity index (χ1n) is 13.9. The summed E-state index contributed by atoms with van der Waals surface area (Å²) in [6, 6.07) is 24.1. The van der Waals surface area contributed by atoms with E-state index in [1.54, 1.807) is 19.9 Å². The molecule has 4 aromatic carbocycles. The third-order valence-electron chi connectivity index (χ3n) is 6.77. The number of nitrogens with one attached hydrogen (secondary N) is 1. The van der Waals surface area contributed by atoms with Crippen LogP contribution in [-0.4, -0.2) is 43.8 Å². The first-order chi connectivity index (χ1) is 21.0. The smallest absolute Gasteiger partial charge is 0.264 e. The molecule has 11 heteroatoms. The Hall–Kier alpha value is -4.28. The van der Waals surface area contributed by atoms with E-state index in [1.165, 1.54) is 59.5 Å². The quantitative estimate of drug-likeness (QED) is 0.207. The third-order valence-corrected chi connectivity index (χ3v) is 8.85. The topological polar surface area (TPSA) is 86.8 Å². The zero-order chi connectivity index (χ0) is 31.9. The zero-order valence-electron chi connectivity index (χ0n) is 24.2. The number of benzene rings is 4. The number of sulfonamides is 1. The summed E-state index contributed by atoms with van der Waals surface area (Å²) in [6.07, 6.45) is 0.125. The van der Waals surface area contributed by atoms with Gasteiger partial charge in [0.1, 0.15) is 24.2 Å². The minimum Gasteiger partial charge on any atom is -0.352 e. The van der Waals surface area contributed by atoms with Gasteiger partial charge in [0.2, 0.25) is 11.8 Å². The highest BCUT2D eigenvalue weighted by Crippen LogP contribution is 2.28. The van der Waals surface area contributed by atoms with E-state index in [9.17, 15) is 26.8 Å². The molecule has 44 heavy (non-hydrogen) atoms. The highest BCUT2D eigenvalue weighted by Gasteiger charge is 2.35. The summed E-state index contributed by atoms with van der Waals surface area (Å²) < 4.78 is 56.5. The van der Waals surface area contributed by atoms with Crippen molar-refractivity contribution in [3.8, 4) is 0 Å². The molecule has 0 bridgehead atoms. The van der Waals surface area contributed by atoms with E-state index in [-0.39, 0.29) is 34.6 Å². The molecule has 0 aliphatic heterocycles. The first kappa shape index (κ1) is 32.6. The Morgan fingerprint density at radius 3 is 2.05 bits per heavy atom. The summed E-state index contributed by atoms with van der Waals surface area (Å²) in [4.78, 5) is 29.1. The number of nitrogens with zero attached hydrogens (tertiary/aromatic N) is 2. The standard InChI is InChI=1S/C33H32ClF2N3O4S/c1-23(2)37-33(41)31(19-24-9-5-3-6-10-24)38(21-25-13-15-26(35)16-14-25)32(40)22-39(27-17-18-30(36)29(34)20-27)44(42,43)28-11-7-4-8-12-28/h3-18,20,23,31H,19,21-22H2,1-2H3,(H,37,41). The number of amides is 2. The van der Waals surface area contributed by atoms with Crippen LogP contribution in [0, 0.1) is 11.6 Å². The highest BCUT2D eigenvalue weighted by atomic mass is 35.5. The van der Waals surface area contributed by atoms with Crippen molar-refractivity contribution in [3.05, 3.63) is 131 Å². The van der Waals surface area contributed by atoms with Gasteiger partial charge in [-0.3, -0.25) is 13.9 Å². The Labute approximate surface area is 261 Å². The molecule has 0 saturated heterocycles. The van der Waals surface area contributed by atoms with E-state index < -0.39 is 46.1 Å². The molecule has 1 unspecified atom stereocenters. The van der Waals surface area contributed by atoms with Crippen molar-refractivity contribution in [1.29, 1.82) is 0 Å². The lowest BCUT2D eigenvalue weighted by atomic mass is 10.0. The summed E-state index contributed by atoms with van der Waals surface area (Å²) >= 11 is 6.03. The molecule has 0 aliphatic carbocycles. The van der Waals surface area contributed by atoms with E-state index in [1.807, 2.05) is 30.3 Å². The van der Waals surface area contributed by atoms with Crippen LogP contribution >= 0.6 is 11.6 Å². The Kier molecular flexibility index (Phi) is 10.7. The predicted molar refractivity (Wildman–Crippen MR) is 167 cm³/mol. The highest BCUT2D eigenvalue weighted by molar-refractivity contribution is 7.92. The lowest BCUT2D eigenvalue weighted by Crippen LogP contribution is -2.54. The van der Waals surface area contributed by atoms with Gasteiger partial charge in [0.15, 0.2) is 0 Å². The van der Waals surface area contributed by atoms with Crippen molar-refractivity contribution in [2.75, 3.05) is 10.8 Å². The number of hydrogen-bond donors (Lipinski definition) is 1.